The van der Waals surface area contributed by atoms with Gasteiger partial charge in [-0.05, 0) is 18.6 Å². The monoisotopic (exact) mass is 212 g/mol. The van der Waals surface area contributed by atoms with E-state index in [9.17, 15) is 0 Å². The molecule has 0 heterocycles. The van der Waals surface area contributed by atoms with Crippen molar-refractivity contribution in [3.8, 4) is 0 Å². The molecule has 1 unspecified atom stereocenters. The van der Waals surface area contributed by atoms with E-state index in [1.165, 1.54) is 11.5 Å². The molecule has 0 bridgehead atoms. The Bertz CT molecular complexity index is 233. The largest absolute Gasteiger partial charge is 0.127 e. The van der Waals surface area contributed by atoms with Gasteiger partial charge >= 0.3 is 0 Å². The van der Waals surface area contributed by atoms with Crippen LogP contribution in [0.25, 0.3) is 0 Å². The van der Waals surface area contributed by atoms with E-state index in [1.54, 1.807) is 0 Å². The molecule has 0 aliphatic carbocycles. The van der Waals surface area contributed by atoms with Gasteiger partial charge in [0.2, 0.25) is 0 Å². The van der Waals surface area contributed by atoms with Gasteiger partial charge < -0.3 is 0 Å². The van der Waals surface area contributed by atoms with Crippen molar-refractivity contribution < 1.29 is 0 Å². The highest BCUT2D eigenvalue weighted by molar-refractivity contribution is 8.58. The van der Waals surface area contributed by atoms with Crippen molar-refractivity contribution in [2.75, 3.05) is 6.16 Å². The van der Waals surface area contributed by atoms with Crippen molar-refractivity contribution in [3.63, 3.8) is 0 Å². The van der Waals surface area contributed by atoms with E-state index in [0.717, 1.165) is 5.25 Å². The number of rotatable bonds is 4. The minimum Gasteiger partial charge on any atom is -0.127 e. The van der Waals surface area contributed by atoms with Gasteiger partial charge in [0.1, 0.15) is 0 Å². The fraction of sp³-hybridized carbons (Fsp3) is 0.455. The van der Waals surface area contributed by atoms with Gasteiger partial charge in [-0.3, -0.25) is 0 Å². The fourth-order valence-corrected chi connectivity index (χ4v) is 5.52. The van der Waals surface area contributed by atoms with E-state index >= 15 is 0 Å². The van der Waals surface area contributed by atoms with Crippen molar-refractivity contribution in [2.24, 2.45) is 0 Å². The van der Waals surface area contributed by atoms with Gasteiger partial charge in [0, 0.05) is 5.25 Å². The molecule has 1 aromatic carbocycles. The van der Waals surface area contributed by atoms with Crippen molar-refractivity contribution in [1.82, 2.24) is 0 Å². The summed E-state index contributed by atoms with van der Waals surface area (Å²) in [5, 5.41) is 2.27. The maximum atomic E-state index is 2.29. The van der Waals surface area contributed by atoms with Crippen LogP contribution in [0.3, 0.4) is 0 Å². The summed E-state index contributed by atoms with van der Waals surface area (Å²) in [6, 6.07) is 10.9. The minimum absolute atomic E-state index is 0.0237. The van der Waals surface area contributed by atoms with Crippen LogP contribution >= 0.6 is 18.5 Å². The minimum atomic E-state index is 0.0237. The summed E-state index contributed by atoms with van der Waals surface area (Å²) in [7, 11) is 0.0237. The van der Waals surface area contributed by atoms with Crippen molar-refractivity contribution >= 4 is 23.8 Å². The van der Waals surface area contributed by atoms with Crippen molar-refractivity contribution in [2.45, 2.75) is 26.0 Å². The predicted molar refractivity (Wildman–Crippen MR) is 66.3 cm³/mol. The highest BCUT2D eigenvalue weighted by atomic mass is 32.7. The first-order valence-corrected chi connectivity index (χ1v) is 7.74. The average Bonchev–Trinajstić information content (AvgIpc) is 2.15. The van der Waals surface area contributed by atoms with Crippen LogP contribution in [-0.4, -0.2) is 11.4 Å². The first-order chi connectivity index (χ1) is 6.24. The third-order valence-electron chi connectivity index (χ3n) is 1.67. The van der Waals surface area contributed by atoms with E-state index in [1.807, 2.05) is 0 Å². The summed E-state index contributed by atoms with van der Waals surface area (Å²) in [6.07, 6.45) is 1.28. The first-order valence-electron chi connectivity index (χ1n) is 4.73. The summed E-state index contributed by atoms with van der Waals surface area (Å²) in [6.45, 7) is 6.84. The third kappa shape index (κ3) is 3.70. The molecule has 1 rings (SSSR count). The smallest absolute Gasteiger partial charge is 0.00352 e. The number of hydrogen-bond acceptors (Lipinski definition) is 1. The van der Waals surface area contributed by atoms with E-state index in [0.29, 0.717) is 0 Å². The molecule has 1 atom stereocenters. The van der Waals surface area contributed by atoms with Crippen molar-refractivity contribution in [3.05, 3.63) is 30.3 Å². The molecular weight excluding hydrogens is 195 g/mol. The molecule has 1 aromatic rings. The first kappa shape index (κ1) is 11.1. The lowest BCUT2D eigenvalue weighted by molar-refractivity contribution is 1.12. The topological polar surface area (TPSA) is 0 Å². The molecule has 0 aliphatic heterocycles. The third-order valence-corrected chi connectivity index (χ3v) is 7.23. The van der Waals surface area contributed by atoms with Gasteiger partial charge in [-0.2, -0.15) is 0 Å². The molecule has 0 fully saturated rings. The molecule has 72 valence electrons. The van der Waals surface area contributed by atoms with Gasteiger partial charge in [-0.25, -0.2) is 0 Å². The number of hydrogen-bond donors (Lipinski definition) is 0. The molecule has 0 N–H and O–H groups in total. The summed E-state index contributed by atoms with van der Waals surface area (Å²) >= 11 is 2.12. The molecule has 0 aromatic heterocycles. The van der Waals surface area contributed by atoms with Crippen LogP contribution in [0.1, 0.15) is 20.8 Å². The van der Waals surface area contributed by atoms with Gasteiger partial charge in [0.25, 0.3) is 0 Å². The van der Waals surface area contributed by atoms with Gasteiger partial charge in [0.15, 0.2) is 0 Å². The highest BCUT2D eigenvalue weighted by Gasteiger charge is 2.10. The molecule has 2 heteroatoms. The molecule has 0 saturated carbocycles. The Kier molecular flexibility index (Phi) is 4.83. The Balaban J connectivity index is 2.67. The van der Waals surface area contributed by atoms with Crippen molar-refractivity contribution in [1.29, 1.82) is 0 Å². The van der Waals surface area contributed by atoms with Crippen LogP contribution in [0, 0.1) is 0 Å². The lowest BCUT2D eigenvalue weighted by Gasteiger charge is -2.17. The van der Waals surface area contributed by atoms with Crippen LogP contribution in [0.4, 0.5) is 0 Å². The lowest BCUT2D eigenvalue weighted by Crippen LogP contribution is -2.00. The Morgan fingerprint density at radius 3 is 2.31 bits per heavy atom. The van der Waals surface area contributed by atoms with Gasteiger partial charge in [0.05, 0.1) is 0 Å². The Morgan fingerprint density at radius 2 is 1.85 bits per heavy atom. The average molecular weight is 212 g/mol. The second-order valence-electron chi connectivity index (χ2n) is 3.18. The van der Waals surface area contributed by atoms with Gasteiger partial charge in [-0.1, -0.05) is 51.1 Å². The van der Waals surface area contributed by atoms with Crippen LogP contribution in [-0.2, 0) is 0 Å². The quantitative estimate of drug-likeness (QED) is 0.683. The molecule has 0 spiro atoms. The van der Waals surface area contributed by atoms with E-state index in [4.69, 9.17) is 0 Å². The zero-order valence-corrected chi connectivity index (χ0v) is 10.2. The SMILES string of the molecule is CCP(SC(C)C)c1ccccc1. The summed E-state index contributed by atoms with van der Waals surface area (Å²) in [4.78, 5) is 0. The predicted octanol–water partition coefficient (Wildman–Crippen LogP) is 3.87. The molecule has 0 radical (unpaired) electrons. The zero-order valence-electron chi connectivity index (χ0n) is 8.53. The Labute approximate surface area is 86.6 Å². The molecular formula is C11H17PS. The number of benzene rings is 1. The second kappa shape index (κ2) is 5.67. The summed E-state index contributed by atoms with van der Waals surface area (Å²) in [5.41, 5.74) is 0. The molecule has 0 amide bonds. The molecule has 0 saturated heterocycles. The Hall–Kier alpha value is 0. The van der Waals surface area contributed by atoms with Crippen LogP contribution in [0.15, 0.2) is 30.3 Å². The van der Waals surface area contributed by atoms with E-state index in [2.05, 4.69) is 62.5 Å². The molecule has 0 nitrogen and oxygen atoms in total. The van der Waals surface area contributed by atoms with Crippen LogP contribution in [0.2, 0.25) is 0 Å². The fourth-order valence-electron chi connectivity index (χ4n) is 1.17. The lowest BCUT2D eigenvalue weighted by atomic mass is 10.4. The normalized spacial score (nSPS) is 13.2. The molecule has 13 heavy (non-hydrogen) atoms. The highest BCUT2D eigenvalue weighted by Crippen LogP contribution is 2.50. The maximum Gasteiger partial charge on any atom is 0.00352 e. The summed E-state index contributed by atoms with van der Waals surface area (Å²) in [5.74, 6) is 0. The standard InChI is InChI=1S/C11H17PS/c1-4-12(13-10(2)3)11-8-6-5-7-9-11/h5-10H,4H2,1-3H3. The van der Waals surface area contributed by atoms with E-state index < -0.39 is 0 Å². The van der Waals surface area contributed by atoms with Crippen LogP contribution < -0.4 is 5.30 Å². The van der Waals surface area contributed by atoms with Crippen LogP contribution in [0.5, 0.6) is 0 Å². The zero-order chi connectivity index (χ0) is 9.68. The van der Waals surface area contributed by atoms with E-state index in [-0.39, 0.29) is 7.12 Å². The Morgan fingerprint density at radius 1 is 1.23 bits per heavy atom. The molecule has 0 aliphatic rings. The second-order valence-corrected chi connectivity index (χ2v) is 8.20. The van der Waals surface area contributed by atoms with Gasteiger partial charge in [-0.15, -0.1) is 11.4 Å². The maximum absolute atomic E-state index is 2.29. The summed E-state index contributed by atoms with van der Waals surface area (Å²) < 4.78 is 0.